The van der Waals surface area contributed by atoms with Crippen LogP contribution in [0.15, 0.2) is 34.8 Å². The molecule has 0 fully saturated rings. The minimum Gasteiger partial charge on any atom is -0.288 e. The summed E-state index contributed by atoms with van der Waals surface area (Å²) in [6.07, 6.45) is 0. The molecule has 0 aliphatic heterocycles. The molecule has 0 spiro atoms. The van der Waals surface area contributed by atoms with E-state index in [2.05, 4.69) is 15.9 Å². The average Bonchev–Trinajstić information content (AvgIpc) is 2.26. The van der Waals surface area contributed by atoms with Crippen LogP contribution in [-0.2, 0) is 0 Å². The van der Waals surface area contributed by atoms with Crippen LogP contribution in [0.1, 0.15) is 27.0 Å². The van der Waals surface area contributed by atoms with Gasteiger partial charge < -0.3 is 0 Å². The fourth-order valence-electron chi connectivity index (χ4n) is 2.01. The summed E-state index contributed by atoms with van der Waals surface area (Å²) < 4.78 is 14.8. The van der Waals surface area contributed by atoms with Gasteiger partial charge in [-0.1, -0.05) is 33.6 Å². The molecule has 19 heavy (non-hydrogen) atoms. The third-order valence-electron chi connectivity index (χ3n) is 2.83. The molecule has 4 heteroatoms. The quantitative estimate of drug-likeness (QED) is 0.695. The van der Waals surface area contributed by atoms with Crippen LogP contribution in [0.4, 0.5) is 4.39 Å². The van der Waals surface area contributed by atoms with Gasteiger partial charge in [-0.2, -0.15) is 0 Å². The molecule has 0 aliphatic rings. The Balaban J connectivity index is 2.56. The fraction of sp³-hybridized carbons (Fsp3) is 0.133. The predicted octanol–water partition coefficient (Wildman–Crippen LogP) is 5.09. The van der Waals surface area contributed by atoms with Crippen molar-refractivity contribution in [1.29, 1.82) is 0 Å². The molecule has 2 rings (SSSR count). The van der Waals surface area contributed by atoms with E-state index in [4.69, 9.17) is 11.6 Å². The summed E-state index contributed by atoms with van der Waals surface area (Å²) in [6.45, 7) is 3.51. The number of aryl methyl sites for hydroxylation is 2. The fourth-order valence-corrected chi connectivity index (χ4v) is 2.77. The highest BCUT2D eigenvalue weighted by Gasteiger charge is 2.19. The molecule has 2 aromatic carbocycles. The Morgan fingerprint density at radius 2 is 1.89 bits per heavy atom. The molecule has 0 heterocycles. The Bertz CT molecular complexity index is 644. The highest BCUT2D eigenvalue weighted by molar-refractivity contribution is 9.10. The van der Waals surface area contributed by atoms with E-state index < -0.39 is 11.6 Å². The number of benzene rings is 2. The Labute approximate surface area is 124 Å². The summed E-state index contributed by atoms with van der Waals surface area (Å²) in [4.78, 5) is 12.4. The summed E-state index contributed by atoms with van der Waals surface area (Å²) in [5.74, 6) is -0.908. The lowest BCUT2D eigenvalue weighted by Gasteiger charge is -2.09. The van der Waals surface area contributed by atoms with Crippen LogP contribution in [0, 0.1) is 19.7 Å². The minimum absolute atomic E-state index is 0.0785. The van der Waals surface area contributed by atoms with Crippen LogP contribution >= 0.6 is 27.5 Å². The van der Waals surface area contributed by atoms with Gasteiger partial charge in [0.05, 0.1) is 10.6 Å². The molecule has 0 bridgehead atoms. The van der Waals surface area contributed by atoms with Crippen molar-refractivity contribution in [2.75, 3.05) is 0 Å². The molecule has 0 amide bonds. The smallest absolute Gasteiger partial charge is 0.197 e. The Morgan fingerprint density at radius 1 is 1.21 bits per heavy atom. The van der Waals surface area contributed by atoms with Gasteiger partial charge in [-0.15, -0.1) is 0 Å². The van der Waals surface area contributed by atoms with E-state index in [1.54, 1.807) is 38.1 Å². The van der Waals surface area contributed by atoms with Crippen LogP contribution in [0.5, 0.6) is 0 Å². The second kappa shape index (κ2) is 5.43. The van der Waals surface area contributed by atoms with Gasteiger partial charge in [0.1, 0.15) is 5.82 Å². The van der Waals surface area contributed by atoms with E-state index in [-0.39, 0.29) is 5.56 Å². The SMILES string of the molecule is Cc1cc(C)c(C(=O)c2ccc(Br)cc2Cl)c(F)c1. The summed E-state index contributed by atoms with van der Waals surface area (Å²) in [7, 11) is 0. The van der Waals surface area contributed by atoms with Gasteiger partial charge in [-0.25, -0.2) is 4.39 Å². The topological polar surface area (TPSA) is 17.1 Å². The molecule has 0 atom stereocenters. The third-order valence-corrected chi connectivity index (χ3v) is 3.64. The average molecular weight is 342 g/mol. The first-order valence-corrected chi connectivity index (χ1v) is 6.83. The maximum absolute atomic E-state index is 14.0. The number of halogens is 3. The van der Waals surface area contributed by atoms with Crippen molar-refractivity contribution in [3.05, 3.63) is 67.9 Å². The van der Waals surface area contributed by atoms with Crippen molar-refractivity contribution in [3.63, 3.8) is 0 Å². The van der Waals surface area contributed by atoms with Crippen molar-refractivity contribution in [2.45, 2.75) is 13.8 Å². The molecule has 0 saturated heterocycles. The van der Waals surface area contributed by atoms with Gasteiger partial charge in [0.2, 0.25) is 0 Å². The number of rotatable bonds is 2. The lowest BCUT2D eigenvalue weighted by molar-refractivity contribution is 0.103. The van der Waals surface area contributed by atoms with Gasteiger partial charge >= 0.3 is 0 Å². The van der Waals surface area contributed by atoms with E-state index in [9.17, 15) is 9.18 Å². The first kappa shape index (κ1) is 14.2. The van der Waals surface area contributed by atoms with Crippen LogP contribution in [0.3, 0.4) is 0 Å². The van der Waals surface area contributed by atoms with Crippen molar-refractivity contribution in [1.82, 2.24) is 0 Å². The van der Waals surface area contributed by atoms with E-state index in [1.807, 2.05) is 0 Å². The highest BCUT2D eigenvalue weighted by atomic mass is 79.9. The maximum Gasteiger partial charge on any atom is 0.197 e. The number of carbonyl (C=O) groups is 1. The Morgan fingerprint density at radius 3 is 2.47 bits per heavy atom. The molecule has 0 unspecified atom stereocenters. The Hall–Kier alpha value is -1.19. The molecule has 2 aromatic rings. The maximum atomic E-state index is 14.0. The highest BCUT2D eigenvalue weighted by Crippen LogP contribution is 2.26. The number of ketones is 1. The zero-order valence-electron chi connectivity index (χ0n) is 10.4. The second-order valence-corrected chi connectivity index (χ2v) is 5.71. The first-order chi connectivity index (χ1) is 8.90. The van der Waals surface area contributed by atoms with Gasteiger partial charge in [-0.05, 0) is 49.2 Å². The summed E-state index contributed by atoms with van der Waals surface area (Å²) in [5.41, 5.74) is 1.78. The molecule has 0 radical (unpaired) electrons. The Kier molecular flexibility index (Phi) is 4.07. The normalized spacial score (nSPS) is 10.6. The standard InChI is InChI=1S/C15H11BrClFO/c1-8-5-9(2)14(13(18)6-8)15(19)11-4-3-10(16)7-12(11)17/h3-7H,1-2H3. The van der Waals surface area contributed by atoms with Crippen molar-refractivity contribution in [3.8, 4) is 0 Å². The van der Waals surface area contributed by atoms with Crippen molar-refractivity contribution >= 4 is 33.3 Å². The van der Waals surface area contributed by atoms with Gasteiger partial charge in [0, 0.05) is 10.0 Å². The molecule has 98 valence electrons. The monoisotopic (exact) mass is 340 g/mol. The molecule has 0 aliphatic carbocycles. The van der Waals surface area contributed by atoms with Gasteiger partial charge in [0.25, 0.3) is 0 Å². The van der Waals surface area contributed by atoms with E-state index in [0.717, 1.165) is 10.0 Å². The second-order valence-electron chi connectivity index (χ2n) is 4.39. The minimum atomic E-state index is -0.513. The molecular weight excluding hydrogens is 331 g/mol. The van der Waals surface area contributed by atoms with E-state index >= 15 is 0 Å². The first-order valence-electron chi connectivity index (χ1n) is 5.66. The van der Waals surface area contributed by atoms with Crippen molar-refractivity contribution < 1.29 is 9.18 Å². The molecule has 0 N–H and O–H groups in total. The predicted molar refractivity (Wildman–Crippen MR) is 78.5 cm³/mol. The summed E-state index contributed by atoms with van der Waals surface area (Å²) in [6, 6.07) is 8.06. The van der Waals surface area contributed by atoms with Crippen LogP contribution < -0.4 is 0 Å². The zero-order valence-corrected chi connectivity index (χ0v) is 12.8. The third kappa shape index (κ3) is 2.88. The zero-order chi connectivity index (χ0) is 14.2. The molecule has 0 saturated carbocycles. The molecule has 0 aromatic heterocycles. The van der Waals surface area contributed by atoms with Crippen LogP contribution in [0.2, 0.25) is 5.02 Å². The van der Waals surface area contributed by atoms with Gasteiger partial charge in [0.15, 0.2) is 5.78 Å². The largest absolute Gasteiger partial charge is 0.288 e. The number of carbonyl (C=O) groups excluding carboxylic acids is 1. The van der Waals surface area contributed by atoms with E-state index in [0.29, 0.717) is 16.1 Å². The molecular formula is C15H11BrClFO. The van der Waals surface area contributed by atoms with Gasteiger partial charge in [-0.3, -0.25) is 4.79 Å². The van der Waals surface area contributed by atoms with Crippen LogP contribution in [0.25, 0.3) is 0 Å². The summed E-state index contributed by atoms with van der Waals surface area (Å²) >= 11 is 9.31. The lowest BCUT2D eigenvalue weighted by atomic mass is 9.97. The van der Waals surface area contributed by atoms with Crippen molar-refractivity contribution in [2.24, 2.45) is 0 Å². The number of hydrogen-bond donors (Lipinski definition) is 0. The molecule has 1 nitrogen and oxygen atoms in total. The van der Waals surface area contributed by atoms with E-state index in [1.165, 1.54) is 6.07 Å². The lowest BCUT2D eigenvalue weighted by Crippen LogP contribution is -2.08. The summed E-state index contributed by atoms with van der Waals surface area (Å²) in [5, 5.41) is 0.304. The number of hydrogen-bond acceptors (Lipinski definition) is 1. The van der Waals surface area contributed by atoms with Crippen LogP contribution in [-0.4, -0.2) is 5.78 Å².